The summed E-state index contributed by atoms with van der Waals surface area (Å²) in [5.41, 5.74) is -0.688. The molecule has 0 saturated carbocycles. The van der Waals surface area contributed by atoms with Crippen LogP contribution in [-0.4, -0.2) is 22.4 Å². The molecular formula is C10H13FN2O3. The van der Waals surface area contributed by atoms with Gasteiger partial charge >= 0.3 is 5.97 Å². The van der Waals surface area contributed by atoms with Gasteiger partial charge < -0.3 is 4.74 Å². The predicted octanol–water partition coefficient (Wildman–Crippen LogP) is 0.815. The lowest BCUT2D eigenvalue weighted by Crippen LogP contribution is -2.33. The summed E-state index contributed by atoms with van der Waals surface area (Å²) in [5, 5.41) is 3.57. The average Bonchev–Trinajstić information content (AvgIpc) is 2.26. The molecule has 88 valence electrons. The van der Waals surface area contributed by atoms with E-state index in [1.54, 1.807) is 6.92 Å². The van der Waals surface area contributed by atoms with Crippen LogP contribution in [0.3, 0.4) is 0 Å². The molecule has 0 radical (unpaired) electrons. The SMILES string of the molecule is CCOC(=O)C(C)n1ncc(F)c(C)c1=O. The van der Waals surface area contributed by atoms with Gasteiger partial charge in [0.2, 0.25) is 0 Å². The number of aromatic nitrogens is 2. The minimum absolute atomic E-state index is 0.0638. The summed E-state index contributed by atoms with van der Waals surface area (Å²) < 4.78 is 18.6. The van der Waals surface area contributed by atoms with Gasteiger partial charge in [-0.05, 0) is 20.8 Å². The fourth-order valence-corrected chi connectivity index (χ4v) is 1.17. The Balaban J connectivity index is 3.10. The molecule has 1 aromatic rings. The molecular weight excluding hydrogens is 215 g/mol. The Labute approximate surface area is 91.8 Å². The predicted molar refractivity (Wildman–Crippen MR) is 54.5 cm³/mol. The van der Waals surface area contributed by atoms with Gasteiger partial charge in [0.1, 0.15) is 0 Å². The quantitative estimate of drug-likeness (QED) is 0.718. The van der Waals surface area contributed by atoms with E-state index in [1.807, 2.05) is 0 Å². The van der Waals surface area contributed by atoms with Crippen LogP contribution in [-0.2, 0) is 9.53 Å². The molecule has 0 fully saturated rings. The molecule has 1 rings (SSSR count). The second kappa shape index (κ2) is 4.87. The van der Waals surface area contributed by atoms with Crippen molar-refractivity contribution < 1.29 is 13.9 Å². The number of hydrogen-bond donors (Lipinski definition) is 0. The van der Waals surface area contributed by atoms with Crippen LogP contribution in [0, 0.1) is 12.7 Å². The molecule has 0 saturated heterocycles. The van der Waals surface area contributed by atoms with E-state index in [0.717, 1.165) is 10.9 Å². The summed E-state index contributed by atoms with van der Waals surface area (Å²) in [6.45, 7) is 4.70. The Morgan fingerprint density at radius 1 is 1.69 bits per heavy atom. The highest BCUT2D eigenvalue weighted by atomic mass is 19.1. The third-order valence-electron chi connectivity index (χ3n) is 2.18. The third-order valence-corrected chi connectivity index (χ3v) is 2.18. The van der Waals surface area contributed by atoms with E-state index < -0.39 is 23.4 Å². The summed E-state index contributed by atoms with van der Waals surface area (Å²) in [7, 11) is 0. The molecule has 0 bridgehead atoms. The van der Waals surface area contributed by atoms with Gasteiger partial charge in [-0.1, -0.05) is 0 Å². The van der Waals surface area contributed by atoms with Crippen molar-refractivity contribution in [1.82, 2.24) is 9.78 Å². The normalized spacial score (nSPS) is 12.2. The third kappa shape index (κ3) is 2.26. The molecule has 0 spiro atoms. The van der Waals surface area contributed by atoms with Crippen molar-refractivity contribution in [2.45, 2.75) is 26.8 Å². The number of ether oxygens (including phenoxy) is 1. The minimum Gasteiger partial charge on any atom is -0.464 e. The Morgan fingerprint density at radius 2 is 2.31 bits per heavy atom. The van der Waals surface area contributed by atoms with Crippen molar-refractivity contribution in [2.24, 2.45) is 0 Å². The van der Waals surface area contributed by atoms with E-state index in [-0.39, 0.29) is 12.2 Å². The Hall–Kier alpha value is -1.72. The molecule has 1 unspecified atom stereocenters. The topological polar surface area (TPSA) is 61.2 Å². The van der Waals surface area contributed by atoms with Crippen LogP contribution >= 0.6 is 0 Å². The molecule has 0 amide bonds. The highest BCUT2D eigenvalue weighted by Gasteiger charge is 2.20. The van der Waals surface area contributed by atoms with Gasteiger partial charge in [0, 0.05) is 0 Å². The lowest BCUT2D eigenvalue weighted by molar-refractivity contribution is -0.147. The smallest absolute Gasteiger partial charge is 0.330 e. The first-order valence-corrected chi connectivity index (χ1v) is 4.89. The maximum atomic E-state index is 13.0. The molecule has 0 aliphatic carbocycles. The average molecular weight is 228 g/mol. The second-order valence-electron chi connectivity index (χ2n) is 3.30. The highest BCUT2D eigenvalue weighted by Crippen LogP contribution is 2.05. The molecule has 0 N–H and O–H groups in total. The molecule has 1 aromatic heterocycles. The van der Waals surface area contributed by atoms with Crippen LogP contribution in [0.1, 0.15) is 25.5 Å². The van der Waals surface area contributed by atoms with E-state index in [1.165, 1.54) is 13.8 Å². The summed E-state index contributed by atoms with van der Waals surface area (Å²) in [4.78, 5) is 23.0. The summed E-state index contributed by atoms with van der Waals surface area (Å²) >= 11 is 0. The minimum atomic E-state index is -0.855. The van der Waals surface area contributed by atoms with Gasteiger partial charge in [0.15, 0.2) is 11.9 Å². The van der Waals surface area contributed by atoms with Crippen molar-refractivity contribution in [3.8, 4) is 0 Å². The summed E-state index contributed by atoms with van der Waals surface area (Å²) in [6.07, 6.45) is 0.909. The monoisotopic (exact) mass is 228 g/mol. The van der Waals surface area contributed by atoms with Crippen molar-refractivity contribution in [3.63, 3.8) is 0 Å². The number of carbonyl (C=O) groups is 1. The largest absolute Gasteiger partial charge is 0.464 e. The van der Waals surface area contributed by atoms with Gasteiger partial charge in [-0.15, -0.1) is 0 Å². The first-order chi connectivity index (χ1) is 7.49. The van der Waals surface area contributed by atoms with Crippen molar-refractivity contribution >= 4 is 5.97 Å². The summed E-state index contributed by atoms with van der Waals surface area (Å²) in [6, 6.07) is -0.855. The summed E-state index contributed by atoms with van der Waals surface area (Å²) in [5.74, 6) is -1.25. The van der Waals surface area contributed by atoms with Gasteiger partial charge in [0.05, 0.1) is 18.4 Å². The van der Waals surface area contributed by atoms with Crippen LogP contribution in [0.15, 0.2) is 11.0 Å². The number of carbonyl (C=O) groups excluding carboxylic acids is 1. The lowest BCUT2D eigenvalue weighted by atomic mass is 10.3. The fourth-order valence-electron chi connectivity index (χ4n) is 1.17. The van der Waals surface area contributed by atoms with Crippen molar-refractivity contribution in [3.05, 3.63) is 27.9 Å². The van der Waals surface area contributed by atoms with Crippen LogP contribution < -0.4 is 5.56 Å². The van der Waals surface area contributed by atoms with Crippen molar-refractivity contribution in [2.75, 3.05) is 6.61 Å². The maximum absolute atomic E-state index is 13.0. The molecule has 6 heteroatoms. The first kappa shape index (κ1) is 12.4. The van der Waals surface area contributed by atoms with Gasteiger partial charge in [-0.25, -0.2) is 13.9 Å². The first-order valence-electron chi connectivity index (χ1n) is 4.89. The van der Waals surface area contributed by atoms with E-state index in [4.69, 9.17) is 4.74 Å². The molecule has 0 aromatic carbocycles. The van der Waals surface area contributed by atoms with Crippen LogP contribution in [0.25, 0.3) is 0 Å². The molecule has 0 aliphatic rings. The molecule has 1 atom stereocenters. The molecule has 16 heavy (non-hydrogen) atoms. The number of halogens is 1. The number of rotatable bonds is 3. The van der Waals surface area contributed by atoms with E-state index in [9.17, 15) is 14.0 Å². The number of nitrogens with zero attached hydrogens (tertiary/aromatic N) is 2. The van der Waals surface area contributed by atoms with Crippen molar-refractivity contribution in [1.29, 1.82) is 0 Å². The Bertz CT molecular complexity index is 456. The zero-order valence-electron chi connectivity index (χ0n) is 9.36. The zero-order chi connectivity index (χ0) is 12.3. The van der Waals surface area contributed by atoms with E-state index in [2.05, 4.69) is 5.10 Å². The van der Waals surface area contributed by atoms with Gasteiger partial charge in [0.25, 0.3) is 5.56 Å². The van der Waals surface area contributed by atoms with Gasteiger partial charge in [-0.2, -0.15) is 5.10 Å². The second-order valence-corrected chi connectivity index (χ2v) is 3.30. The number of esters is 1. The molecule has 5 nitrogen and oxygen atoms in total. The van der Waals surface area contributed by atoms with Crippen LogP contribution in [0.2, 0.25) is 0 Å². The van der Waals surface area contributed by atoms with E-state index in [0.29, 0.717) is 0 Å². The standard InChI is InChI=1S/C10H13FN2O3/c1-4-16-10(15)7(3)13-9(14)6(2)8(11)5-12-13/h5,7H,4H2,1-3H3. The molecule has 0 aliphatic heterocycles. The highest BCUT2D eigenvalue weighted by molar-refractivity contribution is 5.73. The zero-order valence-corrected chi connectivity index (χ0v) is 9.36. The molecule has 1 heterocycles. The maximum Gasteiger partial charge on any atom is 0.330 e. The Kier molecular flexibility index (Phi) is 3.76. The lowest BCUT2D eigenvalue weighted by Gasteiger charge is -2.12. The fraction of sp³-hybridized carbons (Fsp3) is 0.500. The Morgan fingerprint density at radius 3 is 2.88 bits per heavy atom. The van der Waals surface area contributed by atoms with E-state index >= 15 is 0 Å². The van der Waals surface area contributed by atoms with Crippen LogP contribution in [0.4, 0.5) is 4.39 Å². The van der Waals surface area contributed by atoms with Gasteiger partial charge in [-0.3, -0.25) is 4.79 Å². The number of hydrogen-bond acceptors (Lipinski definition) is 4. The van der Waals surface area contributed by atoms with Crippen LogP contribution in [0.5, 0.6) is 0 Å².